The molecule has 0 saturated carbocycles. The van der Waals surface area contributed by atoms with Gasteiger partial charge in [-0.05, 0) is 32.1 Å². The fourth-order valence-electron chi connectivity index (χ4n) is 0.863. The van der Waals surface area contributed by atoms with Crippen molar-refractivity contribution in [1.29, 1.82) is 0 Å². The van der Waals surface area contributed by atoms with Crippen LogP contribution in [0.2, 0.25) is 0 Å². The zero-order valence-corrected chi connectivity index (χ0v) is 11.2. The van der Waals surface area contributed by atoms with Crippen molar-refractivity contribution in [3.63, 3.8) is 0 Å². The van der Waals surface area contributed by atoms with Crippen molar-refractivity contribution < 1.29 is 4.55 Å². The third kappa shape index (κ3) is 5.42. The monoisotopic (exact) mass is 260 g/mol. The van der Waals surface area contributed by atoms with Gasteiger partial charge in [-0.1, -0.05) is 17.7 Å². The predicted molar refractivity (Wildman–Crippen MR) is 71.7 cm³/mol. The average molecular weight is 261 g/mol. The second kappa shape index (κ2) is 7.57. The second-order valence-electron chi connectivity index (χ2n) is 3.15. The zero-order chi connectivity index (χ0) is 12.7. The normalized spacial score (nSPS) is 17.6. The van der Waals surface area contributed by atoms with Gasteiger partial charge in [0.15, 0.2) is 4.91 Å². The summed E-state index contributed by atoms with van der Waals surface area (Å²) in [7, 11) is 0. The molecular formula is C11H17ClN2OS. The van der Waals surface area contributed by atoms with E-state index in [1.165, 1.54) is 0 Å². The van der Waals surface area contributed by atoms with Gasteiger partial charge in [-0.15, -0.1) is 5.14 Å². The largest absolute Gasteiger partial charge is 0.593 e. The zero-order valence-electron chi connectivity index (χ0n) is 9.66. The SMILES string of the molecule is C/C=C/C(Cl)=C\C=C(N)\C(C)=C(/C)[S+](N)[O-]. The summed E-state index contributed by atoms with van der Waals surface area (Å²) < 4.78 is 11.0. The lowest BCUT2D eigenvalue weighted by Gasteiger charge is -2.07. The summed E-state index contributed by atoms with van der Waals surface area (Å²) in [6.07, 6.45) is 6.91. The lowest BCUT2D eigenvalue weighted by Crippen LogP contribution is -2.15. The first-order valence-electron chi connectivity index (χ1n) is 4.69. The highest BCUT2D eigenvalue weighted by Gasteiger charge is 2.09. The van der Waals surface area contributed by atoms with Crippen LogP contribution in [0, 0.1) is 0 Å². The van der Waals surface area contributed by atoms with Gasteiger partial charge in [0.1, 0.15) is 0 Å². The highest BCUT2D eigenvalue weighted by Crippen LogP contribution is 2.14. The van der Waals surface area contributed by atoms with Gasteiger partial charge in [-0.25, -0.2) is 0 Å². The smallest absolute Gasteiger partial charge is 0.152 e. The van der Waals surface area contributed by atoms with E-state index in [9.17, 15) is 4.55 Å². The molecule has 0 aliphatic rings. The number of halogens is 1. The van der Waals surface area contributed by atoms with Crippen molar-refractivity contribution >= 4 is 23.0 Å². The second-order valence-corrected chi connectivity index (χ2v) is 4.80. The summed E-state index contributed by atoms with van der Waals surface area (Å²) in [4.78, 5) is 0.560. The number of hydrogen-bond donors (Lipinski definition) is 2. The van der Waals surface area contributed by atoms with Crippen LogP contribution in [0.5, 0.6) is 0 Å². The highest BCUT2D eigenvalue weighted by molar-refractivity contribution is 7.93. The Hall–Kier alpha value is -0.680. The van der Waals surface area contributed by atoms with E-state index in [4.69, 9.17) is 22.5 Å². The molecule has 16 heavy (non-hydrogen) atoms. The minimum Gasteiger partial charge on any atom is -0.593 e. The summed E-state index contributed by atoms with van der Waals surface area (Å²) >= 11 is 4.36. The molecule has 0 radical (unpaired) electrons. The molecule has 1 atom stereocenters. The maximum atomic E-state index is 11.0. The van der Waals surface area contributed by atoms with Crippen LogP contribution < -0.4 is 10.9 Å². The molecule has 0 aromatic heterocycles. The molecular weight excluding hydrogens is 244 g/mol. The van der Waals surface area contributed by atoms with Gasteiger partial charge in [0, 0.05) is 23.2 Å². The molecule has 0 aromatic carbocycles. The first kappa shape index (κ1) is 15.3. The van der Waals surface area contributed by atoms with Crippen LogP contribution in [-0.2, 0) is 11.4 Å². The molecule has 0 spiro atoms. The van der Waals surface area contributed by atoms with Gasteiger partial charge in [0.25, 0.3) is 0 Å². The Morgan fingerprint density at radius 1 is 1.31 bits per heavy atom. The van der Waals surface area contributed by atoms with Crippen LogP contribution in [-0.4, -0.2) is 4.55 Å². The van der Waals surface area contributed by atoms with E-state index < -0.39 is 11.4 Å². The topological polar surface area (TPSA) is 75.1 Å². The van der Waals surface area contributed by atoms with Gasteiger partial charge >= 0.3 is 0 Å². The van der Waals surface area contributed by atoms with Crippen LogP contribution >= 0.6 is 11.6 Å². The summed E-state index contributed by atoms with van der Waals surface area (Å²) in [5.41, 5.74) is 7.00. The molecule has 0 bridgehead atoms. The maximum absolute atomic E-state index is 11.0. The van der Waals surface area contributed by atoms with E-state index in [-0.39, 0.29) is 0 Å². The van der Waals surface area contributed by atoms with E-state index in [2.05, 4.69) is 0 Å². The van der Waals surface area contributed by atoms with Crippen molar-refractivity contribution in [2.45, 2.75) is 20.8 Å². The van der Waals surface area contributed by atoms with Crippen LogP contribution in [0.25, 0.3) is 0 Å². The van der Waals surface area contributed by atoms with Crippen molar-refractivity contribution in [1.82, 2.24) is 0 Å². The van der Waals surface area contributed by atoms with Gasteiger partial charge in [0.05, 0.1) is 11.4 Å². The van der Waals surface area contributed by atoms with E-state index in [1.54, 1.807) is 32.1 Å². The lowest BCUT2D eigenvalue weighted by atomic mass is 10.2. The molecule has 0 heterocycles. The molecule has 0 rings (SSSR count). The molecule has 0 saturated heterocycles. The quantitative estimate of drug-likeness (QED) is 0.602. The van der Waals surface area contributed by atoms with Crippen molar-refractivity contribution in [3.05, 3.63) is 45.5 Å². The number of nitrogens with two attached hydrogens (primary N) is 2. The van der Waals surface area contributed by atoms with Crippen LogP contribution in [0.4, 0.5) is 0 Å². The van der Waals surface area contributed by atoms with Gasteiger partial charge in [-0.3, -0.25) is 0 Å². The van der Waals surface area contributed by atoms with Gasteiger partial charge in [-0.2, -0.15) is 0 Å². The Labute approximate surface area is 105 Å². The Kier molecular flexibility index (Phi) is 7.25. The minimum atomic E-state index is -1.49. The number of rotatable bonds is 4. The van der Waals surface area contributed by atoms with Crippen LogP contribution in [0.1, 0.15) is 20.8 Å². The number of allylic oxidation sites excluding steroid dienone is 7. The fraction of sp³-hybridized carbons (Fsp3) is 0.273. The molecule has 1 unspecified atom stereocenters. The summed E-state index contributed by atoms with van der Waals surface area (Å²) in [5, 5.41) is 5.83. The third-order valence-electron chi connectivity index (χ3n) is 2.01. The maximum Gasteiger partial charge on any atom is 0.152 e. The lowest BCUT2D eigenvalue weighted by molar-refractivity contribution is 0.602. The third-order valence-corrected chi connectivity index (χ3v) is 3.17. The Bertz CT molecular complexity index is 357. The molecule has 0 aliphatic heterocycles. The minimum absolute atomic E-state index is 0.499. The first-order chi connectivity index (χ1) is 7.40. The number of hydrogen-bond acceptors (Lipinski definition) is 3. The van der Waals surface area contributed by atoms with Crippen molar-refractivity contribution in [2.75, 3.05) is 0 Å². The summed E-state index contributed by atoms with van der Waals surface area (Å²) in [5.74, 6) is 0. The molecule has 0 aliphatic carbocycles. The van der Waals surface area contributed by atoms with Gasteiger partial charge in [0.2, 0.25) is 0 Å². The molecule has 3 nitrogen and oxygen atoms in total. The molecule has 90 valence electrons. The van der Waals surface area contributed by atoms with Crippen LogP contribution in [0.3, 0.4) is 0 Å². The fourth-order valence-corrected chi connectivity index (χ4v) is 1.47. The molecule has 4 N–H and O–H groups in total. The van der Waals surface area contributed by atoms with E-state index in [0.29, 0.717) is 21.2 Å². The summed E-state index contributed by atoms with van der Waals surface area (Å²) in [6, 6.07) is 0. The standard InChI is InChI=1S/C11H17ClN2OS/c1-4-5-10(12)6-7-11(13)8(2)9(3)16(14)15/h4-7H,13-14H2,1-3H3/b5-4+,9-8+,10-6+,11-7-. The van der Waals surface area contributed by atoms with Crippen molar-refractivity contribution in [2.24, 2.45) is 10.9 Å². The Balaban J connectivity index is 4.94. The Morgan fingerprint density at radius 3 is 2.31 bits per heavy atom. The molecule has 0 aromatic rings. The average Bonchev–Trinajstić information content (AvgIpc) is 2.24. The summed E-state index contributed by atoms with van der Waals surface area (Å²) in [6.45, 7) is 5.32. The first-order valence-corrected chi connectivity index (χ1v) is 6.29. The van der Waals surface area contributed by atoms with E-state index >= 15 is 0 Å². The molecule has 0 fully saturated rings. The van der Waals surface area contributed by atoms with Crippen molar-refractivity contribution in [3.8, 4) is 0 Å². The van der Waals surface area contributed by atoms with Gasteiger partial charge < -0.3 is 10.3 Å². The molecule has 5 heteroatoms. The predicted octanol–water partition coefficient (Wildman–Crippen LogP) is 2.44. The van der Waals surface area contributed by atoms with E-state index in [1.807, 2.05) is 13.0 Å². The highest BCUT2D eigenvalue weighted by atomic mass is 35.5. The molecule has 0 amide bonds. The van der Waals surface area contributed by atoms with Crippen LogP contribution in [0.15, 0.2) is 45.5 Å². The Morgan fingerprint density at radius 2 is 1.88 bits per heavy atom. The van der Waals surface area contributed by atoms with E-state index in [0.717, 1.165) is 0 Å².